The van der Waals surface area contributed by atoms with Crippen molar-refractivity contribution in [1.82, 2.24) is 19.9 Å². The van der Waals surface area contributed by atoms with Crippen molar-refractivity contribution in [2.24, 2.45) is 0 Å². The monoisotopic (exact) mass is 280 g/mol. The molecule has 0 aliphatic heterocycles. The van der Waals surface area contributed by atoms with Crippen molar-refractivity contribution in [1.29, 1.82) is 0 Å². The largest absolute Gasteiger partial charge is 0.341 e. The molecular weight excluding hydrogens is 256 g/mol. The van der Waals surface area contributed by atoms with Crippen LogP contribution < -0.4 is 0 Å². The lowest BCUT2D eigenvalue weighted by Crippen LogP contribution is -2.35. The van der Waals surface area contributed by atoms with E-state index in [0.717, 1.165) is 38.8 Å². The molecule has 20 heavy (non-hydrogen) atoms. The minimum absolute atomic E-state index is 0.0342. The van der Waals surface area contributed by atoms with E-state index in [1.165, 1.54) is 17.8 Å². The molecule has 1 amide bonds. The molecule has 0 bridgehead atoms. The van der Waals surface area contributed by atoms with Crippen LogP contribution in [0.4, 0.5) is 0 Å². The van der Waals surface area contributed by atoms with E-state index in [1.807, 2.05) is 4.90 Å². The van der Waals surface area contributed by atoms with Gasteiger partial charge in [0.05, 0.1) is 6.20 Å². The van der Waals surface area contributed by atoms with E-state index in [-0.39, 0.29) is 18.2 Å². The number of hydrogen-bond acceptors (Lipinski definition) is 4. The number of rotatable bonds is 9. The summed E-state index contributed by atoms with van der Waals surface area (Å²) in [6.07, 6.45) is 5.66. The van der Waals surface area contributed by atoms with Gasteiger partial charge in [0.2, 0.25) is 5.91 Å². The Bertz CT molecular complexity index is 434. The third-order valence-electron chi connectivity index (χ3n) is 3.11. The lowest BCUT2D eigenvalue weighted by molar-refractivity contribution is -0.132. The van der Waals surface area contributed by atoms with Crippen LogP contribution in [0.3, 0.4) is 0 Å². The van der Waals surface area contributed by atoms with Crippen LogP contribution in [-0.2, 0) is 11.3 Å². The number of amides is 1. The molecule has 0 aliphatic rings. The summed E-state index contributed by atoms with van der Waals surface area (Å²) in [7, 11) is 0. The Hall–Kier alpha value is -1.72. The first kappa shape index (κ1) is 16.3. The van der Waals surface area contributed by atoms with Crippen LogP contribution in [0.15, 0.2) is 6.20 Å². The average Bonchev–Trinajstić information content (AvgIpc) is 2.87. The van der Waals surface area contributed by atoms with Gasteiger partial charge in [-0.05, 0) is 12.8 Å². The van der Waals surface area contributed by atoms with Gasteiger partial charge in [-0.1, -0.05) is 31.9 Å². The molecule has 6 nitrogen and oxygen atoms in total. The molecule has 0 unspecified atom stereocenters. The number of hydrogen-bond donors (Lipinski definition) is 0. The van der Waals surface area contributed by atoms with E-state index < -0.39 is 0 Å². The molecule has 1 aromatic rings. The summed E-state index contributed by atoms with van der Waals surface area (Å²) in [5.74, 6) is -0.107. The van der Waals surface area contributed by atoms with Crippen LogP contribution in [0.5, 0.6) is 0 Å². The van der Waals surface area contributed by atoms with Gasteiger partial charge in [-0.15, -0.1) is 5.10 Å². The van der Waals surface area contributed by atoms with Gasteiger partial charge in [0, 0.05) is 20.0 Å². The Morgan fingerprint density at radius 2 is 1.80 bits per heavy atom. The lowest BCUT2D eigenvalue weighted by atomic mass is 10.2. The van der Waals surface area contributed by atoms with Crippen molar-refractivity contribution >= 4 is 11.7 Å². The quantitative estimate of drug-likeness (QED) is 0.648. The molecule has 0 spiro atoms. The highest BCUT2D eigenvalue weighted by molar-refractivity contribution is 5.91. The van der Waals surface area contributed by atoms with Gasteiger partial charge in [-0.25, -0.2) is 4.68 Å². The van der Waals surface area contributed by atoms with Crippen LogP contribution in [0.1, 0.15) is 56.9 Å². The standard InChI is InChI=1S/C14H24N4O2/c1-4-6-8-17(9-7-5-2)14(20)11-18-10-13(12(3)19)15-16-18/h10H,4-9,11H2,1-3H3. The Morgan fingerprint density at radius 1 is 1.20 bits per heavy atom. The molecule has 1 rings (SSSR count). The van der Waals surface area contributed by atoms with Gasteiger partial charge in [-0.3, -0.25) is 9.59 Å². The van der Waals surface area contributed by atoms with Crippen LogP contribution in [0.2, 0.25) is 0 Å². The van der Waals surface area contributed by atoms with Crippen molar-refractivity contribution in [3.05, 3.63) is 11.9 Å². The molecule has 0 atom stereocenters. The molecule has 0 aromatic carbocycles. The highest BCUT2D eigenvalue weighted by Crippen LogP contribution is 2.02. The Labute approximate surface area is 120 Å². The van der Waals surface area contributed by atoms with Crippen molar-refractivity contribution in [2.75, 3.05) is 13.1 Å². The molecule has 0 aliphatic carbocycles. The van der Waals surface area contributed by atoms with E-state index in [4.69, 9.17) is 0 Å². The maximum absolute atomic E-state index is 12.3. The predicted molar refractivity (Wildman–Crippen MR) is 76.4 cm³/mol. The maximum Gasteiger partial charge on any atom is 0.244 e. The zero-order valence-electron chi connectivity index (χ0n) is 12.6. The zero-order valence-corrected chi connectivity index (χ0v) is 12.6. The number of carbonyl (C=O) groups excluding carboxylic acids is 2. The summed E-state index contributed by atoms with van der Waals surface area (Å²) in [5, 5.41) is 7.56. The number of aromatic nitrogens is 3. The van der Waals surface area contributed by atoms with E-state index >= 15 is 0 Å². The first-order chi connectivity index (χ1) is 9.58. The molecule has 1 heterocycles. The molecule has 112 valence electrons. The summed E-state index contributed by atoms with van der Waals surface area (Å²) in [5.41, 5.74) is 0.298. The van der Waals surface area contributed by atoms with Gasteiger partial charge in [0.15, 0.2) is 5.78 Å². The van der Waals surface area contributed by atoms with Gasteiger partial charge in [0.25, 0.3) is 0 Å². The molecule has 0 saturated heterocycles. The molecular formula is C14H24N4O2. The third-order valence-corrected chi connectivity index (χ3v) is 3.11. The normalized spacial score (nSPS) is 10.6. The smallest absolute Gasteiger partial charge is 0.244 e. The van der Waals surface area contributed by atoms with Gasteiger partial charge in [0.1, 0.15) is 12.2 Å². The fourth-order valence-electron chi connectivity index (χ4n) is 1.83. The first-order valence-corrected chi connectivity index (χ1v) is 7.27. The summed E-state index contributed by atoms with van der Waals surface area (Å²) in [6, 6.07) is 0. The summed E-state index contributed by atoms with van der Waals surface area (Å²) in [6.45, 7) is 7.37. The Morgan fingerprint density at radius 3 is 2.25 bits per heavy atom. The minimum Gasteiger partial charge on any atom is -0.341 e. The van der Waals surface area contributed by atoms with Crippen molar-refractivity contribution < 1.29 is 9.59 Å². The van der Waals surface area contributed by atoms with Crippen LogP contribution in [0.25, 0.3) is 0 Å². The number of ketones is 1. The highest BCUT2D eigenvalue weighted by Gasteiger charge is 2.14. The fraction of sp³-hybridized carbons (Fsp3) is 0.714. The second-order valence-corrected chi connectivity index (χ2v) is 4.95. The highest BCUT2D eigenvalue weighted by atomic mass is 16.2. The SMILES string of the molecule is CCCCN(CCCC)C(=O)Cn1cc(C(C)=O)nn1. The number of nitrogens with zero attached hydrogens (tertiary/aromatic N) is 4. The average molecular weight is 280 g/mol. The summed E-state index contributed by atoms with van der Waals surface area (Å²) < 4.78 is 1.43. The Balaban J connectivity index is 2.60. The molecule has 0 fully saturated rings. The second-order valence-electron chi connectivity index (χ2n) is 4.95. The van der Waals surface area contributed by atoms with Crippen LogP contribution in [-0.4, -0.2) is 44.7 Å². The van der Waals surface area contributed by atoms with Crippen molar-refractivity contribution in [3.63, 3.8) is 0 Å². The summed E-state index contributed by atoms with van der Waals surface area (Å²) >= 11 is 0. The molecule has 0 saturated carbocycles. The number of unbranched alkanes of at least 4 members (excludes halogenated alkanes) is 2. The predicted octanol–water partition coefficient (Wildman–Crippen LogP) is 1.91. The van der Waals surface area contributed by atoms with Gasteiger partial charge < -0.3 is 4.90 Å². The van der Waals surface area contributed by atoms with Crippen LogP contribution in [0, 0.1) is 0 Å². The third kappa shape index (κ3) is 5.11. The number of carbonyl (C=O) groups is 2. The molecule has 0 N–H and O–H groups in total. The van der Waals surface area contributed by atoms with E-state index in [2.05, 4.69) is 24.2 Å². The topological polar surface area (TPSA) is 68.1 Å². The maximum atomic E-state index is 12.3. The molecule has 1 aromatic heterocycles. The van der Waals surface area contributed by atoms with Gasteiger partial charge >= 0.3 is 0 Å². The van der Waals surface area contributed by atoms with Gasteiger partial charge in [-0.2, -0.15) is 0 Å². The molecule has 6 heteroatoms. The second kappa shape index (κ2) is 8.45. The summed E-state index contributed by atoms with van der Waals surface area (Å²) in [4.78, 5) is 25.3. The minimum atomic E-state index is -0.141. The van der Waals surface area contributed by atoms with E-state index in [9.17, 15) is 9.59 Å². The van der Waals surface area contributed by atoms with E-state index in [0.29, 0.717) is 5.69 Å². The van der Waals surface area contributed by atoms with Crippen molar-refractivity contribution in [2.45, 2.75) is 53.0 Å². The fourth-order valence-corrected chi connectivity index (χ4v) is 1.83. The van der Waals surface area contributed by atoms with Crippen molar-refractivity contribution in [3.8, 4) is 0 Å². The Kier molecular flexibility index (Phi) is 6.90. The van der Waals surface area contributed by atoms with E-state index in [1.54, 1.807) is 0 Å². The zero-order chi connectivity index (χ0) is 15.0. The first-order valence-electron chi connectivity index (χ1n) is 7.27. The lowest BCUT2D eigenvalue weighted by Gasteiger charge is -2.22. The molecule has 0 radical (unpaired) electrons. The van der Waals surface area contributed by atoms with Crippen LogP contribution >= 0.6 is 0 Å². The number of Topliss-reactive ketones (excluding diaryl/α,β-unsaturated/α-hetero) is 1.